The van der Waals surface area contributed by atoms with E-state index in [1.54, 1.807) is 11.8 Å². The fourth-order valence-corrected chi connectivity index (χ4v) is 4.37. The molecule has 0 spiro atoms. The standard InChI is InChI=1S/C21H24N4OS/c1-27-14-12-18(20-24-23-19-11-4-5-13-25(19)20)22-21(26)17-10-6-8-15-7-2-3-9-16(15)17/h2-5,7,9,11,13,17-18H,6,8,10,12,14H2,1H3,(H,22,26). The molecule has 2 aromatic heterocycles. The molecule has 1 aliphatic rings. The van der Waals surface area contributed by atoms with Gasteiger partial charge in [0.15, 0.2) is 11.5 Å². The van der Waals surface area contributed by atoms with E-state index in [9.17, 15) is 4.79 Å². The number of pyridine rings is 1. The quantitative estimate of drug-likeness (QED) is 0.707. The van der Waals surface area contributed by atoms with Crippen LogP contribution in [0.3, 0.4) is 0 Å². The van der Waals surface area contributed by atoms with Crippen molar-refractivity contribution < 1.29 is 4.79 Å². The highest BCUT2D eigenvalue weighted by atomic mass is 32.2. The predicted molar refractivity (Wildman–Crippen MR) is 109 cm³/mol. The maximum Gasteiger partial charge on any atom is 0.228 e. The SMILES string of the molecule is CSCCC(NC(=O)C1CCCc2ccccc21)c1nnc2ccccn12. The van der Waals surface area contributed by atoms with Gasteiger partial charge in [-0.25, -0.2) is 0 Å². The molecule has 0 radical (unpaired) electrons. The van der Waals surface area contributed by atoms with Crippen molar-refractivity contribution in [2.75, 3.05) is 12.0 Å². The molecule has 1 aliphatic carbocycles. The Hall–Kier alpha value is -2.34. The van der Waals surface area contributed by atoms with Gasteiger partial charge in [0.2, 0.25) is 5.91 Å². The lowest BCUT2D eigenvalue weighted by atomic mass is 9.82. The summed E-state index contributed by atoms with van der Waals surface area (Å²) in [6, 6.07) is 14.0. The van der Waals surface area contributed by atoms with E-state index in [1.807, 2.05) is 34.9 Å². The number of thioether (sulfide) groups is 1. The molecule has 0 saturated carbocycles. The number of nitrogens with one attached hydrogen (secondary N) is 1. The van der Waals surface area contributed by atoms with E-state index in [4.69, 9.17) is 0 Å². The van der Waals surface area contributed by atoms with E-state index in [0.717, 1.165) is 42.9 Å². The highest BCUT2D eigenvalue weighted by molar-refractivity contribution is 7.98. The molecule has 5 nitrogen and oxygen atoms in total. The lowest BCUT2D eigenvalue weighted by Gasteiger charge is -2.26. The Morgan fingerprint density at radius 1 is 1.26 bits per heavy atom. The fourth-order valence-electron chi connectivity index (χ4n) is 3.90. The third kappa shape index (κ3) is 3.72. The number of carbonyl (C=O) groups excluding carboxylic acids is 1. The summed E-state index contributed by atoms with van der Waals surface area (Å²) >= 11 is 1.78. The second-order valence-corrected chi connectivity index (χ2v) is 7.96. The van der Waals surface area contributed by atoms with Gasteiger partial charge in [-0.05, 0) is 61.0 Å². The van der Waals surface area contributed by atoms with Crippen LogP contribution in [-0.4, -0.2) is 32.5 Å². The molecular weight excluding hydrogens is 356 g/mol. The lowest BCUT2D eigenvalue weighted by molar-refractivity contribution is -0.123. The van der Waals surface area contributed by atoms with Crippen LogP contribution in [-0.2, 0) is 11.2 Å². The van der Waals surface area contributed by atoms with Crippen molar-refractivity contribution in [3.8, 4) is 0 Å². The van der Waals surface area contributed by atoms with Gasteiger partial charge in [0.1, 0.15) is 0 Å². The van der Waals surface area contributed by atoms with Crippen LogP contribution < -0.4 is 5.32 Å². The summed E-state index contributed by atoms with van der Waals surface area (Å²) in [5.41, 5.74) is 3.28. The molecule has 2 heterocycles. The number of hydrogen-bond acceptors (Lipinski definition) is 4. The third-order valence-corrected chi connectivity index (χ3v) is 5.91. The number of rotatable bonds is 6. The monoisotopic (exact) mass is 380 g/mol. The van der Waals surface area contributed by atoms with Crippen molar-refractivity contribution in [2.45, 2.75) is 37.6 Å². The number of hydrogen-bond donors (Lipinski definition) is 1. The molecule has 0 aliphatic heterocycles. The van der Waals surface area contributed by atoms with Gasteiger partial charge >= 0.3 is 0 Å². The van der Waals surface area contributed by atoms with Crippen molar-refractivity contribution in [3.05, 3.63) is 65.6 Å². The molecule has 6 heteroatoms. The number of carbonyl (C=O) groups is 1. The number of nitrogens with zero attached hydrogens (tertiary/aromatic N) is 3. The Bertz CT molecular complexity index is 939. The highest BCUT2D eigenvalue weighted by Crippen LogP contribution is 2.32. The van der Waals surface area contributed by atoms with Crippen molar-refractivity contribution in [2.24, 2.45) is 0 Å². The van der Waals surface area contributed by atoms with Gasteiger partial charge < -0.3 is 5.32 Å². The van der Waals surface area contributed by atoms with Crippen LogP contribution in [0.5, 0.6) is 0 Å². The molecule has 0 saturated heterocycles. The first kappa shape index (κ1) is 18.0. The zero-order valence-corrected chi connectivity index (χ0v) is 16.3. The Balaban J connectivity index is 1.60. The van der Waals surface area contributed by atoms with Crippen LogP contribution in [0.2, 0.25) is 0 Å². The molecule has 0 bridgehead atoms. The summed E-state index contributed by atoms with van der Waals surface area (Å²) in [5, 5.41) is 11.9. The first-order valence-electron chi connectivity index (χ1n) is 9.44. The molecule has 0 fully saturated rings. The van der Waals surface area contributed by atoms with Crippen LogP contribution in [0.1, 0.15) is 48.2 Å². The van der Waals surface area contributed by atoms with Gasteiger partial charge in [0.05, 0.1) is 12.0 Å². The lowest BCUT2D eigenvalue weighted by Crippen LogP contribution is -2.35. The van der Waals surface area contributed by atoms with E-state index in [2.05, 4.69) is 40.0 Å². The van der Waals surface area contributed by atoms with Crippen LogP contribution in [0.4, 0.5) is 0 Å². The van der Waals surface area contributed by atoms with Gasteiger partial charge in [-0.3, -0.25) is 9.20 Å². The fraction of sp³-hybridized carbons (Fsp3) is 0.381. The van der Waals surface area contributed by atoms with Crippen LogP contribution in [0.25, 0.3) is 5.65 Å². The second-order valence-electron chi connectivity index (χ2n) is 6.97. The largest absolute Gasteiger partial charge is 0.345 e. The van der Waals surface area contributed by atoms with Gasteiger partial charge in [0.25, 0.3) is 0 Å². The zero-order valence-electron chi connectivity index (χ0n) is 15.5. The summed E-state index contributed by atoms with van der Waals surface area (Å²) in [6.45, 7) is 0. The van der Waals surface area contributed by atoms with Gasteiger partial charge in [0, 0.05) is 6.20 Å². The van der Waals surface area contributed by atoms with E-state index >= 15 is 0 Å². The molecule has 1 aromatic carbocycles. The maximum atomic E-state index is 13.2. The topological polar surface area (TPSA) is 59.3 Å². The molecule has 1 N–H and O–H groups in total. The number of amides is 1. The highest BCUT2D eigenvalue weighted by Gasteiger charge is 2.29. The van der Waals surface area contributed by atoms with Crippen LogP contribution in [0, 0.1) is 0 Å². The van der Waals surface area contributed by atoms with Crippen molar-refractivity contribution in [1.82, 2.24) is 19.9 Å². The second kappa shape index (κ2) is 8.13. The average molecular weight is 381 g/mol. The number of benzene rings is 1. The van der Waals surface area contributed by atoms with E-state index in [0.29, 0.717) is 0 Å². The molecule has 1 amide bonds. The first-order chi connectivity index (χ1) is 13.3. The van der Waals surface area contributed by atoms with Crippen LogP contribution in [0.15, 0.2) is 48.7 Å². The minimum Gasteiger partial charge on any atom is -0.345 e. The van der Waals surface area contributed by atoms with Crippen LogP contribution >= 0.6 is 11.8 Å². The normalized spacial score (nSPS) is 17.4. The number of aryl methyl sites for hydroxylation is 1. The summed E-state index contributed by atoms with van der Waals surface area (Å²) in [7, 11) is 0. The molecule has 4 rings (SSSR count). The van der Waals surface area contributed by atoms with E-state index < -0.39 is 0 Å². The first-order valence-corrected chi connectivity index (χ1v) is 10.8. The predicted octanol–water partition coefficient (Wildman–Crippen LogP) is 3.76. The smallest absolute Gasteiger partial charge is 0.228 e. The summed E-state index contributed by atoms with van der Waals surface area (Å²) in [6.07, 6.45) is 7.88. The summed E-state index contributed by atoms with van der Waals surface area (Å²) < 4.78 is 1.97. The molecular formula is C21H24N4OS. The minimum absolute atomic E-state index is 0.0779. The number of fused-ring (bicyclic) bond motifs is 2. The molecule has 3 aromatic rings. The summed E-state index contributed by atoms with van der Waals surface area (Å²) in [5.74, 6) is 1.78. The molecule has 140 valence electrons. The zero-order chi connectivity index (χ0) is 18.6. The van der Waals surface area contributed by atoms with E-state index in [1.165, 1.54) is 11.1 Å². The maximum absolute atomic E-state index is 13.2. The third-order valence-electron chi connectivity index (χ3n) is 5.26. The Kier molecular flexibility index (Phi) is 5.43. The van der Waals surface area contributed by atoms with Crippen molar-refractivity contribution in [1.29, 1.82) is 0 Å². The molecule has 2 atom stereocenters. The van der Waals surface area contributed by atoms with Crippen molar-refractivity contribution >= 4 is 23.3 Å². The minimum atomic E-state index is -0.142. The number of aromatic nitrogens is 3. The molecule has 27 heavy (non-hydrogen) atoms. The van der Waals surface area contributed by atoms with E-state index in [-0.39, 0.29) is 17.9 Å². The summed E-state index contributed by atoms with van der Waals surface area (Å²) in [4.78, 5) is 13.2. The van der Waals surface area contributed by atoms with Gasteiger partial charge in [-0.15, -0.1) is 10.2 Å². The van der Waals surface area contributed by atoms with Gasteiger partial charge in [-0.2, -0.15) is 11.8 Å². The van der Waals surface area contributed by atoms with Gasteiger partial charge in [-0.1, -0.05) is 30.3 Å². The van der Waals surface area contributed by atoms with Crippen molar-refractivity contribution in [3.63, 3.8) is 0 Å². The molecule has 2 unspecified atom stereocenters. The Morgan fingerprint density at radius 3 is 3.00 bits per heavy atom. The Morgan fingerprint density at radius 2 is 2.11 bits per heavy atom. The average Bonchev–Trinajstić information content (AvgIpc) is 3.14. The Labute approximate surface area is 163 Å².